The first kappa shape index (κ1) is 11.8. The normalized spacial score (nSPS) is 10.0. The Morgan fingerprint density at radius 1 is 1.47 bits per heavy atom. The number of hydrogen-bond acceptors (Lipinski definition) is 2. The van der Waals surface area contributed by atoms with E-state index < -0.39 is 0 Å². The van der Waals surface area contributed by atoms with Gasteiger partial charge < -0.3 is 9.84 Å². The molecule has 0 aliphatic heterocycles. The van der Waals surface area contributed by atoms with Crippen molar-refractivity contribution >= 4 is 0 Å². The van der Waals surface area contributed by atoms with Crippen LogP contribution in [0.4, 0.5) is 0 Å². The number of aliphatic hydroxyl groups excluding tert-OH is 1. The molecule has 0 radical (unpaired) electrons. The van der Waals surface area contributed by atoms with E-state index in [4.69, 9.17) is 9.84 Å². The number of rotatable bonds is 6. The molecule has 1 rings (SSSR count). The van der Waals surface area contributed by atoms with E-state index in [1.165, 1.54) is 0 Å². The van der Waals surface area contributed by atoms with E-state index in [0.717, 1.165) is 29.7 Å². The second kappa shape index (κ2) is 6.25. The third kappa shape index (κ3) is 3.76. The molecule has 0 heterocycles. The Hall–Kier alpha value is -1.28. The van der Waals surface area contributed by atoms with E-state index in [0.29, 0.717) is 6.61 Å². The molecule has 0 unspecified atom stereocenters. The van der Waals surface area contributed by atoms with Gasteiger partial charge >= 0.3 is 0 Å². The molecule has 0 saturated carbocycles. The van der Waals surface area contributed by atoms with Crippen molar-refractivity contribution in [3.63, 3.8) is 0 Å². The van der Waals surface area contributed by atoms with Crippen molar-refractivity contribution in [2.45, 2.75) is 26.4 Å². The highest BCUT2D eigenvalue weighted by molar-refractivity contribution is 5.36. The van der Waals surface area contributed by atoms with Gasteiger partial charge in [0.1, 0.15) is 5.75 Å². The lowest BCUT2D eigenvalue weighted by Gasteiger charge is -2.10. The third-order valence-corrected chi connectivity index (χ3v) is 2.20. The van der Waals surface area contributed by atoms with Crippen LogP contribution in [0, 0.1) is 6.92 Å². The van der Waals surface area contributed by atoms with Crippen LogP contribution in [0.3, 0.4) is 0 Å². The van der Waals surface area contributed by atoms with Gasteiger partial charge in [0.05, 0.1) is 13.2 Å². The largest absolute Gasteiger partial charge is 0.493 e. The molecular weight excluding hydrogens is 188 g/mol. The summed E-state index contributed by atoms with van der Waals surface area (Å²) in [6.45, 7) is 6.35. The van der Waals surface area contributed by atoms with Crippen LogP contribution in [0.25, 0.3) is 0 Å². The Morgan fingerprint density at radius 3 is 2.93 bits per heavy atom. The quantitative estimate of drug-likeness (QED) is 0.573. The summed E-state index contributed by atoms with van der Waals surface area (Å²) < 4.78 is 5.58. The summed E-state index contributed by atoms with van der Waals surface area (Å²) in [5, 5.41) is 9.15. The molecule has 1 aromatic rings. The van der Waals surface area contributed by atoms with E-state index in [1.807, 2.05) is 31.2 Å². The molecule has 1 N–H and O–H groups in total. The molecule has 2 heteroatoms. The van der Waals surface area contributed by atoms with Crippen molar-refractivity contribution in [1.82, 2.24) is 0 Å². The highest BCUT2D eigenvalue weighted by Crippen LogP contribution is 2.20. The monoisotopic (exact) mass is 206 g/mol. The summed E-state index contributed by atoms with van der Waals surface area (Å²) in [7, 11) is 0. The maximum absolute atomic E-state index is 9.15. The Bertz CT molecular complexity index is 318. The van der Waals surface area contributed by atoms with Crippen molar-refractivity contribution in [3.05, 3.63) is 42.0 Å². The van der Waals surface area contributed by atoms with Crippen LogP contribution < -0.4 is 4.74 Å². The summed E-state index contributed by atoms with van der Waals surface area (Å²) in [5.74, 6) is 0.784. The lowest BCUT2D eigenvalue weighted by molar-refractivity contribution is 0.261. The number of benzene rings is 1. The highest BCUT2D eigenvalue weighted by Gasteiger charge is 2.02. The fourth-order valence-corrected chi connectivity index (χ4v) is 1.38. The van der Waals surface area contributed by atoms with Gasteiger partial charge in [-0.15, -0.1) is 6.58 Å². The molecule has 1 aromatic carbocycles. The Labute approximate surface area is 91.2 Å². The first-order valence-corrected chi connectivity index (χ1v) is 5.22. The lowest BCUT2D eigenvalue weighted by Crippen LogP contribution is -2.00. The topological polar surface area (TPSA) is 29.5 Å². The van der Waals surface area contributed by atoms with Crippen LogP contribution in [0.2, 0.25) is 0 Å². The minimum atomic E-state index is 0.0263. The van der Waals surface area contributed by atoms with Gasteiger partial charge in [0, 0.05) is 5.56 Å². The second-order valence-corrected chi connectivity index (χ2v) is 3.55. The van der Waals surface area contributed by atoms with Gasteiger partial charge in [-0.3, -0.25) is 0 Å². The SMILES string of the molecule is C=CCCCOc1ccc(C)cc1CO. The van der Waals surface area contributed by atoms with Gasteiger partial charge in [0.2, 0.25) is 0 Å². The molecule has 0 aliphatic carbocycles. The number of hydrogen-bond donors (Lipinski definition) is 1. The van der Waals surface area contributed by atoms with Gasteiger partial charge in [-0.1, -0.05) is 23.8 Å². The summed E-state index contributed by atoms with van der Waals surface area (Å²) in [5.41, 5.74) is 1.99. The molecule has 0 fully saturated rings. The van der Waals surface area contributed by atoms with Crippen LogP contribution in [0.1, 0.15) is 24.0 Å². The minimum Gasteiger partial charge on any atom is -0.493 e. The van der Waals surface area contributed by atoms with E-state index in [1.54, 1.807) is 0 Å². The fourth-order valence-electron chi connectivity index (χ4n) is 1.38. The van der Waals surface area contributed by atoms with Gasteiger partial charge in [0.15, 0.2) is 0 Å². The van der Waals surface area contributed by atoms with Crippen molar-refractivity contribution in [2.75, 3.05) is 6.61 Å². The number of aliphatic hydroxyl groups is 1. The average molecular weight is 206 g/mol. The summed E-state index contributed by atoms with van der Waals surface area (Å²) in [6.07, 6.45) is 3.80. The van der Waals surface area contributed by atoms with Gasteiger partial charge in [-0.2, -0.15) is 0 Å². The molecule has 0 aromatic heterocycles. The van der Waals surface area contributed by atoms with E-state index in [2.05, 4.69) is 6.58 Å². The van der Waals surface area contributed by atoms with Crippen molar-refractivity contribution in [3.8, 4) is 5.75 Å². The number of allylic oxidation sites excluding steroid dienone is 1. The van der Waals surface area contributed by atoms with Gasteiger partial charge in [-0.05, 0) is 25.8 Å². The molecular formula is C13H18O2. The van der Waals surface area contributed by atoms with E-state index in [-0.39, 0.29) is 6.61 Å². The second-order valence-electron chi connectivity index (χ2n) is 3.55. The molecule has 82 valence electrons. The lowest BCUT2D eigenvalue weighted by atomic mass is 10.1. The minimum absolute atomic E-state index is 0.0263. The Morgan fingerprint density at radius 2 is 2.27 bits per heavy atom. The highest BCUT2D eigenvalue weighted by atomic mass is 16.5. The molecule has 0 spiro atoms. The van der Waals surface area contributed by atoms with Crippen molar-refractivity contribution in [2.24, 2.45) is 0 Å². The first-order valence-electron chi connectivity index (χ1n) is 5.22. The van der Waals surface area contributed by atoms with Crippen LogP contribution in [0.5, 0.6) is 5.75 Å². The fraction of sp³-hybridized carbons (Fsp3) is 0.385. The zero-order valence-corrected chi connectivity index (χ0v) is 9.20. The molecule has 0 atom stereocenters. The Kier molecular flexibility index (Phi) is 4.91. The zero-order chi connectivity index (χ0) is 11.1. The van der Waals surface area contributed by atoms with Crippen LogP contribution in [0.15, 0.2) is 30.9 Å². The van der Waals surface area contributed by atoms with Crippen molar-refractivity contribution in [1.29, 1.82) is 0 Å². The molecule has 0 amide bonds. The van der Waals surface area contributed by atoms with Gasteiger partial charge in [0.25, 0.3) is 0 Å². The number of unbranched alkanes of at least 4 members (excludes halogenated alkanes) is 1. The first-order chi connectivity index (χ1) is 7.27. The predicted molar refractivity (Wildman–Crippen MR) is 62.0 cm³/mol. The molecule has 15 heavy (non-hydrogen) atoms. The predicted octanol–water partition coefficient (Wildman–Crippen LogP) is 2.83. The molecule has 0 saturated heterocycles. The summed E-state index contributed by atoms with van der Waals surface area (Å²) in [6, 6.07) is 5.85. The Balaban J connectivity index is 2.55. The summed E-state index contributed by atoms with van der Waals surface area (Å²) >= 11 is 0. The maximum Gasteiger partial charge on any atom is 0.124 e. The smallest absolute Gasteiger partial charge is 0.124 e. The molecule has 0 bridgehead atoms. The van der Waals surface area contributed by atoms with E-state index in [9.17, 15) is 0 Å². The standard InChI is InChI=1S/C13H18O2/c1-3-4-5-8-15-13-7-6-11(2)9-12(13)10-14/h3,6-7,9,14H,1,4-5,8,10H2,2H3. The van der Waals surface area contributed by atoms with E-state index >= 15 is 0 Å². The maximum atomic E-state index is 9.15. The van der Waals surface area contributed by atoms with Crippen LogP contribution in [-0.2, 0) is 6.61 Å². The van der Waals surface area contributed by atoms with Crippen LogP contribution >= 0.6 is 0 Å². The van der Waals surface area contributed by atoms with Gasteiger partial charge in [-0.25, -0.2) is 0 Å². The summed E-state index contributed by atoms with van der Waals surface area (Å²) in [4.78, 5) is 0. The number of aryl methyl sites for hydroxylation is 1. The van der Waals surface area contributed by atoms with Crippen LogP contribution in [-0.4, -0.2) is 11.7 Å². The molecule has 2 nitrogen and oxygen atoms in total. The molecule has 0 aliphatic rings. The third-order valence-electron chi connectivity index (χ3n) is 2.20. The average Bonchev–Trinajstić information content (AvgIpc) is 2.26. The number of ether oxygens (including phenoxy) is 1. The zero-order valence-electron chi connectivity index (χ0n) is 9.20. The van der Waals surface area contributed by atoms with Crippen molar-refractivity contribution < 1.29 is 9.84 Å².